The van der Waals surface area contributed by atoms with Gasteiger partial charge in [-0.1, -0.05) is 36.4 Å². The molecule has 2 aromatic carbocycles. The van der Waals surface area contributed by atoms with Crippen molar-refractivity contribution in [2.24, 2.45) is 0 Å². The molecular weight excluding hydrogens is 354 g/mol. The van der Waals surface area contributed by atoms with Crippen LogP contribution in [0.2, 0.25) is 0 Å². The van der Waals surface area contributed by atoms with Crippen LogP contribution in [0, 0.1) is 0 Å². The summed E-state index contributed by atoms with van der Waals surface area (Å²) in [5.74, 6) is -0.204. The number of amides is 3. The summed E-state index contributed by atoms with van der Waals surface area (Å²) in [7, 11) is 1.75. The maximum atomic E-state index is 12.8. The molecule has 0 saturated carbocycles. The van der Waals surface area contributed by atoms with Crippen molar-refractivity contribution in [1.82, 2.24) is 14.7 Å². The largest absolute Gasteiger partial charge is 0.339 e. The van der Waals surface area contributed by atoms with Crippen LogP contribution in [0.15, 0.2) is 54.6 Å². The number of rotatable bonds is 4. The molecule has 3 rings (SSSR count). The molecule has 6 heteroatoms. The molecule has 0 radical (unpaired) electrons. The maximum Gasteiger partial charge on any atom is 0.253 e. The summed E-state index contributed by atoms with van der Waals surface area (Å²) >= 11 is 0. The van der Waals surface area contributed by atoms with Crippen molar-refractivity contribution in [3.63, 3.8) is 0 Å². The predicted octanol–water partition coefficient (Wildman–Crippen LogP) is 2.26. The van der Waals surface area contributed by atoms with Crippen LogP contribution in [-0.4, -0.2) is 65.6 Å². The molecule has 146 valence electrons. The first-order valence-electron chi connectivity index (χ1n) is 9.40. The minimum absolute atomic E-state index is 0.0288. The van der Waals surface area contributed by atoms with Gasteiger partial charge in [-0.25, -0.2) is 0 Å². The van der Waals surface area contributed by atoms with Gasteiger partial charge in [0.15, 0.2) is 0 Å². The van der Waals surface area contributed by atoms with Crippen molar-refractivity contribution in [3.05, 3.63) is 71.3 Å². The van der Waals surface area contributed by atoms with Crippen molar-refractivity contribution in [1.29, 1.82) is 0 Å². The molecule has 3 amide bonds. The molecule has 1 heterocycles. The van der Waals surface area contributed by atoms with Crippen LogP contribution in [0.4, 0.5) is 0 Å². The number of carbonyl (C=O) groups excluding carboxylic acids is 3. The Labute approximate surface area is 165 Å². The number of hydrogen-bond donors (Lipinski definition) is 0. The quantitative estimate of drug-likeness (QED) is 0.819. The molecule has 1 aliphatic rings. The predicted molar refractivity (Wildman–Crippen MR) is 107 cm³/mol. The smallest absolute Gasteiger partial charge is 0.253 e. The van der Waals surface area contributed by atoms with Crippen LogP contribution >= 0.6 is 0 Å². The van der Waals surface area contributed by atoms with Gasteiger partial charge in [-0.15, -0.1) is 0 Å². The molecule has 0 aromatic heterocycles. The highest BCUT2D eigenvalue weighted by Gasteiger charge is 2.24. The average Bonchev–Trinajstić information content (AvgIpc) is 2.73. The van der Waals surface area contributed by atoms with E-state index in [1.54, 1.807) is 52.9 Å². The second kappa shape index (κ2) is 8.69. The zero-order valence-corrected chi connectivity index (χ0v) is 16.3. The lowest BCUT2D eigenvalue weighted by molar-refractivity contribution is -0.130. The Bertz CT molecular complexity index is 858. The number of piperazine rings is 1. The van der Waals surface area contributed by atoms with Crippen LogP contribution in [0.1, 0.15) is 33.2 Å². The van der Waals surface area contributed by atoms with E-state index in [2.05, 4.69) is 0 Å². The highest BCUT2D eigenvalue weighted by molar-refractivity contribution is 5.99. The third kappa shape index (κ3) is 4.57. The summed E-state index contributed by atoms with van der Waals surface area (Å²) in [6.45, 7) is 4.14. The van der Waals surface area contributed by atoms with Gasteiger partial charge in [-0.05, 0) is 23.8 Å². The average molecular weight is 379 g/mol. The zero-order chi connectivity index (χ0) is 20.1. The summed E-state index contributed by atoms with van der Waals surface area (Å²) in [5.41, 5.74) is 2.04. The number of nitrogens with zero attached hydrogens (tertiary/aromatic N) is 3. The standard InChI is InChI=1S/C22H25N3O3/c1-17(26)24-11-13-25(14-12-24)22(28)20-10-6-9-19(15-20)21(27)23(2)16-18-7-4-3-5-8-18/h3-10,15H,11-14,16H2,1-2H3. The van der Waals surface area contributed by atoms with Gasteiger partial charge >= 0.3 is 0 Å². The van der Waals surface area contributed by atoms with Crippen LogP contribution in [0.5, 0.6) is 0 Å². The van der Waals surface area contributed by atoms with Gasteiger partial charge in [0.25, 0.3) is 11.8 Å². The molecule has 1 saturated heterocycles. The first kappa shape index (κ1) is 19.6. The minimum Gasteiger partial charge on any atom is -0.339 e. The van der Waals surface area contributed by atoms with E-state index in [1.807, 2.05) is 30.3 Å². The SMILES string of the molecule is CC(=O)N1CCN(C(=O)c2cccc(C(=O)N(C)Cc3ccccc3)c2)CC1. The summed E-state index contributed by atoms with van der Waals surface area (Å²) in [5, 5.41) is 0. The fraction of sp³-hybridized carbons (Fsp3) is 0.318. The van der Waals surface area contributed by atoms with E-state index in [0.717, 1.165) is 5.56 Å². The van der Waals surface area contributed by atoms with Gasteiger partial charge < -0.3 is 14.7 Å². The normalized spacial score (nSPS) is 13.9. The minimum atomic E-state index is -0.125. The Morgan fingerprint density at radius 2 is 1.46 bits per heavy atom. The zero-order valence-electron chi connectivity index (χ0n) is 16.3. The van der Waals surface area contributed by atoms with Crippen LogP contribution in [0.3, 0.4) is 0 Å². The second-order valence-corrected chi connectivity index (χ2v) is 7.03. The molecule has 2 aromatic rings. The Kier molecular flexibility index (Phi) is 6.09. The summed E-state index contributed by atoms with van der Waals surface area (Å²) in [4.78, 5) is 42.1. The van der Waals surface area contributed by atoms with Gasteiger partial charge in [0.05, 0.1) is 0 Å². The number of carbonyl (C=O) groups is 3. The molecule has 6 nitrogen and oxygen atoms in total. The highest BCUT2D eigenvalue weighted by atomic mass is 16.2. The molecule has 1 aliphatic heterocycles. The molecule has 0 atom stereocenters. The summed E-state index contributed by atoms with van der Waals surface area (Å²) in [6, 6.07) is 16.6. The third-order valence-electron chi connectivity index (χ3n) is 4.98. The molecule has 0 aliphatic carbocycles. The van der Waals surface area contributed by atoms with E-state index >= 15 is 0 Å². The van der Waals surface area contributed by atoms with E-state index in [1.165, 1.54) is 0 Å². The van der Waals surface area contributed by atoms with E-state index < -0.39 is 0 Å². The Hall–Kier alpha value is -3.15. The lowest BCUT2D eigenvalue weighted by Crippen LogP contribution is -2.50. The number of benzene rings is 2. The summed E-state index contributed by atoms with van der Waals surface area (Å²) < 4.78 is 0. The maximum absolute atomic E-state index is 12.8. The van der Waals surface area contributed by atoms with E-state index in [0.29, 0.717) is 43.9 Å². The molecular formula is C22H25N3O3. The van der Waals surface area contributed by atoms with Gasteiger partial charge in [0.2, 0.25) is 5.91 Å². The van der Waals surface area contributed by atoms with Crippen LogP contribution < -0.4 is 0 Å². The second-order valence-electron chi connectivity index (χ2n) is 7.03. The third-order valence-corrected chi connectivity index (χ3v) is 4.98. The van der Waals surface area contributed by atoms with E-state index in [9.17, 15) is 14.4 Å². The van der Waals surface area contributed by atoms with Crippen LogP contribution in [0.25, 0.3) is 0 Å². The van der Waals surface area contributed by atoms with Gasteiger partial charge in [-0.2, -0.15) is 0 Å². The fourth-order valence-electron chi connectivity index (χ4n) is 3.34. The lowest BCUT2D eigenvalue weighted by Gasteiger charge is -2.34. The monoisotopic (exact) mass is 379 g/mol. The number of hydrogen-bond acceptors (Lipinski definition) is 3. The molecule has 0 N–H and O–H groups in total. The Balaban J connectivity index is 1.67. The van der Waals surface area contributed by atoms with Gasteiger partial charge in [-0.3, -0.25) is 14.4 Å². The Morgan fingerprint density at radius 1 is 0.857 bits per heavy atom. The topological polar surface area (TPSA) is 60.9 Å². The van der Waals surface area contributed by atoms with E-state index in [-0.39, 0.29) is 17.7 Å². The lowest BCUT2D eigenvalue weighted by atomic mass is 10.1. The fourth-order valence-corrected chi connectivity index (χ4v) is 3.34. The van der Waals surface area contributed by atoms with Gasteiger partial charge in [0, 0.05) is 57.8 Å². The first-order chi connectivity index (χ1) is 13.5. The first-order valence-corrected chi connectivity index (χ1v) is 9.40. The van der Waals surface area contributed by atoms with Crippen molar-refractivity contribution < 1.29 is 14.4 Å². The molecule has 1 fully saturated rings. The van der Waals surface area contributed by atoms with E-state index in [4.69, 9.17) is 0 Å². The van der Waals surface area contributed by atoms with Gasteiger partial charge in [0.1, 0.15) is 0 Å². The molecule has 0 spiro atoms. The van der Waals surface area contributed by atoms with Crippen molar-refractivity contribution in [3.8, 4) is 0 Å². The van der Waals surface area contributed by atoms with Crippen molar-refractivity contribution >= 4 is 17.7 Å². The molecule has 28 heavy (non-hydrogen) atoms. The molecule has 0 unspecified atom stereocenters. The van der Waals surface area contributed by atoms with Crippen LogP contribution in [-0.2, 0) is 11.3 Å². The highest BCUT2D eigenvalue weighted by Crippen LogP contribution is 2.14. The molecule has 0 bridgehead atoms. The Morgan fingerprint density at radius 3 is 2.11 bits per heavy atom. The summed E-state index contributed by atoms with van der Waals surface area (Å²) in [6.07, 6.45) is 0. The van der Waals surface area contributed by atoms with Crippen molar-refractivity contribution in [2.45, 2.75) is 13.5 Å². The van der Waals surface area contributed by atoms with Crippen molar-refractivity contribution in [2.75, 3.05) is 33.2 Å².